The van der Waals surface area contributed by atoms with Crippen LogP contribution in [0, 0.1) is 0 Å². The van der Waals surface area contributed by atoms with E-state index in [1.54, 1.807) is 6.07 Å². The highest BCUT2D eigenvalue weighted by Gasteiger charge is 2.20. The summed E-state index contributed by atoms with van der Waals surface area (Å²) in [6.07, 6.45) is 5.14. The average molecular weight is 366 g/mol. The SMILES string of the molecule is COC(O)c1ccc(Br)c2[nH]c3c(c(=O)c12)CCCCCC3. The van der Waals surface area contributed by atoms with Gasteiger partial charge in [-0.3, -0.25) is 4.79 Å². The molecule has 0 bridgehead atoms. The predicted octanol–water partition coefficient (Wildman–Crippen LogP) is 3.59. The van der Waals surface area contributed by atoms with E-state index in [4.69, 9.17) is 4.74 Å². The molecular formula is C17H20BrNO3. The van der Waals surface area contributed by atoms with E-state index >= 15 is 0 Å². The lowest BCUT2D eigenvalue weighted by molar-refractivity contribution is -0.0759. The predicted molar refractivity (Wildman–Crippen MR) is 90.1 cm³/mol. The Labute approximate surface area is 137 Å². The maximum Gasteiger partial charge on any atom is 0.193 e. The lowest BCUT2D eigenvalue weighted by atomic mass is 9.94. The van der Waals surface area contributed by atoms with Crippen LogP contribution in [0.1, 0.15) is 48.8 Å². The van der Waals surface area contributed by atoms with Gasteiger partial charge < -0.3 is 14.8 Å². The summed E-state index contributed by atoms with van der Waals surface area (Å²) in [4.78, 5) is 16.5. The number of hydrogen-bond donors (Lipinski definition) is 2. The summed E-state index contributed by atoms with van der Waals surface area (Å²) in [6.45, 7) is 0. The zero-order valence-electron chi connectivity index (χ0n) is 12.6. The number of benzene rings is 1. The fraction of sp³-hybridized carbons (Fsp3) is 0.471. The zero-order chi connectivity index (χ0) is 15.7. The summed E-state index contributed by atoms with van der Waals surface area (Å²) in [5.41, 5.74) is 3.21. The van der Waals surface area contributed by atoms with E-state index in [1.165, 1.54) is 20.0 Å². The normalized spacial score (nSPS) is 16.9. The Kier molecular flexibility index (Phi) is 4.66. The third-order valence-electron chi connectivity index (χ3n) is 4.42. The molecule has 2 N–H and O–H groups in total. The minimum absolute atomic E-state index is 0.0260. The summed E-state index contributed by atoms with van der Waals surface area (Å²) < 4.78 is 5.85. The third kappa shape index (κ3) is 2.73. The first-order chi connectivity index (χ1) is 10.6. The van der Waals surface area contributed by atoms with Crippen LogP contribution in [0.4, 0.5) is 0 Å². The first kappa shape index (κ1) is 15.7. The number of aromatic nitrogens is 1. The standard InChI is InChI=1S/C17H20BrNO3/c1-22-17(21)11-8-9-12(18)15-14(11)16(20)10-6-4-2-3-5-7-13(10)19-15/h8-9,17,21H,2-7H2,1H3,(H,19,20). The van der Waals surface area contributed by atoms with Gasteiger partial charge in [0.1, 0.15) is 0 Å². The summed E-state index contributed by atoms with van der Waals surface area (Å²) in [7, 11) is 1.43. The number of halogens is 1. The van der Waals surface area contributed by atoms with Crippen LogP contribution in [0.2, 0.25) is 0 Å². The highest BCUT2D eigenvalue weighted by molar-refractivity contribution is 9.10. The largest absolute Gasteiger partial charge is 0.364 e. The molecule has 5 heteroatoms. The van der Waals surface area contributed by atoms with Gasteiger partial charge in [-0.05, 0) is 47.7 Å². The number of fused-ring (bicyclic) bond motifs is 2. The van der Waals surface area contributed by atoms with Gasteiger partial charge in [0.25, 0.3) is 0 Å². The molecule has 0 aliphatic heterocycles. The van der Waals surface area contributed by atoms with E-state index in [-0.39, 0.29) is 5.43 Å². The molecule has 0 radical (unpaired) electrons. The van der Waals surface area contributed by atoms with Crippen molar-refractivity contribution in [2.45, 2.75) is 44.8 Å². The number of aliphatic hydroxyl groups is 1. The first-order valence-corrected chi connectivity index (χ1v) is 8.49. The van der Waals surface area contributed by atoms with Gasteiger partial charge in [0.15, 0.2) is 11.7 Å². The molecule has 118 valence electrons. The number of aryl methyl sites for hydroxylation is 1. The molecule has 1 aliphatic rings. The van der Waals surface area contributed by atoms with Crippen molar-refractivity contribution in [1.29, 1.82) is 0 Å². The molecule has 0 amide bonds. The maximum absolute atomic E-state index is 13.0. The Hall–Kier alpha value is -1.17. The number of H-pyrrole nitrogens is 1. The molecule has 0 spiro atoms. The lowest BCUT2D eigenvalue weighted by Crippen LogP contribution is -2.19. The molecule has 1 aliphatic carbocycles. The second kappa shape index (κ2) is 6.52. The highest BCUT2D eigenvalue weighted by atomic mass is 79.9. The fourth-order valence-electron chi connectivity index (χ4n) is 3.24. The van der Waals surface area contributed by atoms with E-state index in [1.807, 2.05) is 6.07 Å². The lowest BCUT2D eigenvalue weighted by Gasteiger charge is -2.18. The molecule has 1 aromatic heterocycles. The Morgan fingerprint density at radius 1 is 1.23 bits per heavy atom. The van der Waals surface area contributed by atoms with Crippen molar-refractivity contribution >= 4 is 26.8 Å². The van der Waals surface area contributed by atoms with Crippen LogP contribution in [-0.4, -0.2) is 17.2 Å². The monoisotopic (exact) mass is 365 g/mol. The number of pyridine rings is 1. The minimum Gasteiger partial charge on any atom is -0.364 e. The Morgan fingerprint density at radius 2 is 1.95 bits per heavy atom. The summed E-state index contributed by atoms with van der Waals surface area (Å²) in [6, 6.07) is 3.58. The number of aliphatic hydroxyl groups excluding tert-OH is 1. The molecule has 1 heterocycles. The van der Waals surface area contributed by atoms with E-state index in [2.05, 4.69) is 20.9 Å². The molecule has 22 heavy (non-hydrogen) atoms. The first-order valence-electron chi connectivity index (χ1n) is 7.70. The van der Waals surface area contributed by atoms with Crippen LogP contribution in [0.15, 0.2) is 21.4 Å². The van der Waals surface area contributed by atoms with E-state index in [9.17, 15) is 9.90 Å². The van der Waals surface area contributed by atoms with Crippen molar-refractivity contribution in [3.8, 4) is 0 Å². The highest BCUT2D eigenvalue weighted by Crippen LogP contribution is 2.29. The van der Waals surface area contributed by atoms with Crippen LogP contribution >= 0.6 is 15.9 Å². The summed E-state index contributed by atoms with van der Waals surface area (Å²) in [5.74, 6) is 0. The van der Waals surface area contributed by atoms with Crippen molar-refractivity contribution in [2.24, 2.45) is 0 Å². The number of nitrogens with one attached hydrogen (secondary N) is 1. The smallest absolute Gasteiger partial charge is 0.193 e. The topological polar surface area (TPSA) is 62.3 Å². The van der Waals surface area contributed by atoms with Crippen LogP contribution in [0.3, 0.4) is 0 Å². The Morgan fingerprint density at radius 3 is 2.68 bits per heavy atom. The van der Waals surface area contributed by atoms with E-state index in [0.717, 1.165) is 46.9 Å². The Bertz CT molecular complexity index is 754. The number of ether oxygens (including phenoxy) is 1. The quantitative estimate of drug-likeness (QED) is 0.799. The molecule has 0 fully saturated rings. The minimum atomic E-state index is -1.09. The van der Waals surface area contributed by atoms with Gasteiger partial charge in [0.2, 0.25) is 0 Å². The van der Waals surface area contributed by atoms with Gasteiger partial charge in [0, 0.05) is 28.4 Å². The fourth-order valence-corrected chi connectivity index (χ4v) is 3.67. The van der Waals surface area contributed by atoms with Crippen LogP contribution in [0.25, 0.3) is 10.9 Å². The molecular weight excluding hydrogens is 346 g/mol. The number of methoxy groups -OCH3 is 1. The van der Waals surface area contributed by atoms with Crippen molar-refractivity contribution in [2.75, 3.05) is 7.11 Å². The van der Waals surface area contributed by atoms with Crippen LogP contribution in [-0.2, 0) is 17.6 Å². The average Bonchev–Trinajstić information content (AvgIpc) is 2.49. The van der Waals surface area contributed by atoms with Crippen LogP contribution < -0.4 is 5.43 Å². The number of aromatic amines is 1. The molecule has 1 unspecified atom stereocenters. The third-order valence-corrected chi connectivity index (χ3v) is 5.08. The van der Waals surface area contributed by atoms with E-state index in [0.29, 0.717) is 10.9 Å². The zero-order valence-corrected chi connectivity index (χ0v) is 14.2. The number of hydrogen-bond acceptors (Lipinski definition) is 3. The van der Waals surface area contributed by atoms with Crippen molar-refractivity contribution in [3.05, 3.63) is 43.6 Å². The van der Waals surface area contributed by atoms with Gasteiger partial charge in [-0.25, -0.2) is 0 Å². The van der Waals surface area contributed by atoms with Crippen molar-refractivity contribution in [3.63, 3.8) is 0 Å². The van der Waals surface area contributed by atoms with Crippen molar-refractivity contribution < 1.29 is 9.84 Å². The molecule has 3 rings (SSSR count). The molecule has 2 aromatic rings. The van der Waals surface area contributed by atoms with Gasteiger partial charge in [0.05, 0.1) is 10.9 Å². The summed E-state index contributed by atoms with van der Waals surface area (Å²) in [5, 5.41) is 10.6. The van der Waals surface area contributed by atoms with Crippen LogP contribution in [0.5, 0.6) is 0 Å². The second-order valence-corrected chi connectivity index (χ2v) is 6.65. The van der Waals surface area contributed by atoms with Gasteiger partial charge in [-0.15, -0.1) is 0 Å². The Balaban J connectivity index is 2.32. The van der Waals surface area contributed by atoms with Gasteiger partial charge in [-0.2, -0.15) is 0 Å². The van der Waals surface area contributed by atoms with Crippen molar-refractivity contribution in [1.82, 2.24) is 4.98 Å². The summed E-state index contributed by atoms with van der Waals surface area (Å²) >= 11 is 3.51. The molecule has 1 atom stereocenters. The van der Waals surface area contributed by atoms with Gasteiger partial charge >= 0.3 is 0 Å². The molecule has 0 saturated heterocycles. The van der Waals surface area contributed by atoms with Gasteiger partial charge in [-0.1, -0.05) is 18.9 Å². The maximum atomic E-state index is 13.0. The molecule has 0 saturated carbocycles. The molecule has 1 aromatic carbocycles. The second-order valence-electron chi connectivity index (χ2n) is 5.80. The number of rotatable bonds is 2. The molecule has 4 nitrogen and oxygen atoms in total. The van der Waals surface area contributed by atoms with E-state index < -0.39 is 6.29 Å².